The van der Waals surface area contributed by atoms with Gasteiger partial charge in [-0.3, -0.25) is 4.79 Å². The maximum Gasteiger partial charge on any atom is 0.138 e. The van der Waals surface area contributed by atoms with E-state index in [0.29, 0.717) is 68.1 Å². The Labute approximate surface area is 205 Å². The molecule has 8 nitrogen and oxygen atoms in total. The van der Waals surface area contributed by atoms with Gasteiger partial charge in [0.1, 0.15) is 29.7 Å². The van der Waals surface area contributed by atoms with E-state index in [4.69, 9.17) is 9.72 Å². The van der Waals surface area contributed by atoms with Crippen molar-refractivity contribution >= 4 is 23.4 Å². The summed E-state index contributed by atoms with van der Waals surface area (Å²) in [6, 6.07) is 8.05. The molecule has 4 rings (SSSR count). The number of Topliss-reactive ketones (excluding diaryl/α,β-unsaturated/α-hetero) is 1. The van der Waals surface area contributed by atoms with Gasteiger partial charge in [0.25, 0.3) is 0 Å². The molecule has 1 aliphatic heterocycles. The fourth-order valence-corrected chi connectivity index (χ4v) is 4.81. The molecule has 1 saturated heterocycles. The lowest BCUT2D eigenvalue weighted by molar-refractivity contribution is -0.128. The van der Waals surface area contributed by atoms with Gasteiger partial charge in [-0.05, 0) is 43.9 Å². The molecule has 3 aromatic heterocycles. The lowest BCUT2D eigenvalue weighted by Crippen LogP contribution is -2.42. The van der Waals surface area contributed by atoms with Gasteiger partial charge in [-0.1, -0.05) is 13.8 Å². The molecule has 4 heterocycles. The highest BCUT2D eigenvalue weighted by Crippen LogP contribution is 2.36. The summed E-state index contributed by atoms with van der Waals surface area (Å²) in [5.74, 6) is 1.96. The Morgan fingerprint density at radius 3 is 2.66 bits per heavy atom. The lowest BCUT2D eigenvalue weighted by atomic mass is 9.75. The van der Waals surface area contributed by atoms with E-state index in [1.807, 2.05) is 39.0 Å². The molecule has 1 fully saturated rings. The first-order chi connectivity index (χ1) is 16.9. The zero-order valence-electron chi connectivity index (χ0n) is 20.5. The quantitative estimate of drug-likeness (QED) is 0.423. The van der Waals surface area contributed by atoms with Crippen molar-refractivity contribution in [3.8, 4) is 22.9 Å². The smallest absolute Gasteiger partial charge is 0.138 e. The number of pyridine rings is 2. The van der Waals surface area contributed by atoms with Crippen LogP contribution >= 0.6 is 0 Å². The van der Waals surface area contributed by atoms with E-state index < -0.39 is 5.41 Å². The largest absolute Gasteiger partial charge is 0.492 e. The Hall–Kier alpha value is -3.73. The molecule has 0 amide bonds. The number of hydrogen-bond donors (Lipinski definition) is 0. The van der Waals surface area contributed by atoms with E-state index in [1.54, 1.807) is 23.1 Å². The lowest BCUT2D eigenvalue weighted by Gasteiger charge is -2.38. The second-order valence-electron chi connectivity index (χ2n) is 9.67. The van der Waals surface area contributed by atoms with Crippen LogP contribution < -0.4 is 9.64 Å². The predicted molar refractivity (Wildman–Crippen MR) is 133 cm³/mol. The maximum atomic E-state index is 12.4. The van der Waals surface area contributed by atoms with Crippen LogP contribution in [-0.4, -0.2) is 46.4 Å². The molecule has 0 N–H and O–H groups in total. The number of carbonyl (C=O) groups is 2. The van der Waals surface area contributed by atoms with Gasteiger partial charge in [0, 0.05) is 48.7 Å². The first-order valence-electron chi connectivity index (χ1n) is 12.1. The SMILES string of the molecule is CCOc1cc(-c2ccc(N3CCC(C=O)(CC(=O)CC(C)C)CC3)nc2)c2c(C#N)cnn2c1. The number of aromatic nitrogens is 3. The first kappa shape index (κ1) is 24.4. The number of carbonyl (C=O) groups excluding carboxylic acids is 2. The molecule has 3 aromatic rings. The normalized spacial score (nSPS) is 15.2. The Morgan fingerprint density at radius 2 is 2.06 bits per heavy atom. The summed E-state index contributed by atoms with van der Waals surface area (Å²) in [5.41, 5.74) is 2.32. The summed E-state index contributed by atoms with van der Waals surface area (Å²) in [6.07, 6.45) is 8.23. The second-order valence-corrected chi connectivity index (χ2v) is 9.67. The zero-order chi connectivity index (χ0) is 25.0. The van der Waals surface area contributed by atoms with Gasteiger partial charge >= 0.3 is 0 Å². The minimum Gasteiger partial charge on any atom is -0.492 e. The number of piperidine rings is 1. The molecular weight excluding hydrogens is 442 g/mol. The minimum atomic E-state index is -0.566. The summed E-state index contributed by atoms with van der Waals surface area (Å²) in [5, 5.41) is 13.8. The molecule has 0 bridgehead atoms. The molecular formula is C27H31N5O3. The molecule has 0 saturated carbocycles. The van der Waals surface area contributed by atoms with Crippen molar-refractivity contribution in [3.63, 3.8) is 0 Å². The zero-order valence-corrected chi connectivity index (χ0v) is 20.5. The number of ketones is 1. The van der Waals surface area contributed by atoms with Gasteiger partial charge in [-0.15, -0.1) is 0 Å². The second kappa shape index (κ2) is 10.3. The van der Waals surface area contributed by atoms with Crippen LogP contribution in [0.5, 0.6) is 5.75 Å². The molecule has 0 atom stereocenters. The van der Waals surface area contributed by atoms with Crippen molar-refractivity contribution in [1.82, 2.24) is 14.6 Å². The summed E-state index contributed by atoms with van der Waals surface area (Å²) >= 11 is 0. The van der Waals surface area contributed by atoms with Crippen molar-refractivity contribution in [2.24, 2.45) is 11.3 Å². The highest BCUT2D eigenvalue weighted by atomic mass is 16.5. The van der Waals surface area contributed by atoms with E-state index >= 15 is 0 Å². The number of aldehydes is 1. The molecule has 0 radical (unpaired) electrons. The molecule has 8 heteroatoms. The third kappa shape index (κ3) is 5.19. The Bertz CT molecular complexity index is 1250. The van der Waals surface area contributed by atoms with Crippen molar-refractivity contribution < 1.29 is 14.3 Å². The first-order valence-corrected chi connectivity index (χ1v) is 12.1. The molecule has 0 unspecified atom stereocenters. The molecule has 35 heavy (non-hydrogen) atoms. The van der Waals surface area contributed by atoms with Gasteiger partial charge < -0.3 is 14.4 Å². The number of ether oxygens (including phenoxy) is 1. The Kier molecular flexibility index (Phi) is 7.15. The van der Waals surface area contributed by atoms with Crippen LogP contribution in [0, 0.1) is 22.7 Å². The number of anilines is 1. The summed E-state index contributed by atoms with van der Waals surface area (Å²) < 4.78 is 7.36. The van der Waals surface area contributed by atoms with E-state index in [1.165, 1.54) is 0 Å². The van der Waals surface area contributed by atoms with E-state index in [9.17, 15) is 14.9 Å². The number of rotatable bonds is 9. The van der Waals surface area contributed by atoms with Crippen molar-refractivity contribution in [2.75, 3.05) is 24.6 Å². The molecule has 182 valence electrons. The highest BCUT2D eigenvalue weighted by molar-refractivity contribution is 5.85. The maximum absolute atomic E-state index is 12.4. The molecule has 0 aliphatic carbocycles. The standard InChI is InChI=1S/C27H31N5O3/c1-4-35-23-12-24(26-21(14-28)16-30-32(26)17-23)20-5-6-25(29-15-20)31-9-7-27(18-33,8-10-31)13-22(34)11-19(2)3/h5-6,12,15-19H,4,7-11,13H2,1-3H3. The number of nitrogens with zero attached hydrogens (tertiary/aromatic N) is 5. The molecule has 0 aromatic carbocycles. The number of nitriles is 1. The van der Waals surface area contributed by atoms with Crippen LogP contribution in [0.3, 0.4) is 0 Å². The van der Waals surface area contributed by atoms with E-state index in [0.717, 1.165) is 23.2 Å². The summed E-state index contributed by atoms with van der Waals surface area (Å²) in [4.78, 5) is 31.2. The van der Waals surface area contributed by atoms with E-state index in [-0.39, 0.29) is 5.78 Å². The third-order valence-corrected chi connectivity index (χ3v) is 6.60. The van der Waals surface area contributed by atoms with Crippen LogP contribution in [0.4, 0.5) is 5.82 Å². The van der Waals surface area contributed by atoms with Crippen molar-refractivity contribution in [3.05, 3.63) is 42.4 Å². The minimum absolute atomic E-state index is 0.167. The van der Waals surface area contributed by atoms with Crippen LogP contribution in [0.25, 0.3) is 16.6 Å². The van der Waals surface area contributed by atoms with Gasteiger partial charge in [-0.2, -0.15) is 10.4 Å². The van der Waals surface area contributed by atoms with E-state index in [2.05, 4.69) is 16.1 Å². The number of fused-ring (bicyclic) bond motifs is 1. The van der Waals surface area contributed by atoms with Crippen molar-refractivity contribution in [1.29, 1.82) is 5.26 Å². The Morgan fingerprint density at radius 1 is 1.29 bits per heavy atom. The third-order valence-electron chi connectivity index (χ3n) is 6.60. The number of hydrogen-bond acceptors (Lipinski definition) is 7. The van der Waals surface area contributed by atoms with Gasteiger partial charge in [0.15, 0.2) is 0 Å². The Balaban J connectivity index is 1.53. The molecule has 0 spiro atoms. The predicted octanol–water partition coefficient (Wildman–Crippen LogP) is 4.46. The average Bonchev–Trinajstić information content (AvgIpc) is 3.27. The van der Waals surface area contributed by atoms with Crippen LogP contribution in [-0.2, 0) is 9.59 Å². The summed E-state index contributed by atoms with van der Waals surface area (Å²) in [6.45, 7) is 7.83. The topological polar surface area (TPSA) is 101 Å². The fraction of sp³-hybridized carbons (Fsp3) is 0.444. The van der Waals surface area contributed by atoms with Crippen molar-refractivity contribution in [2.45, 2.75) is 46.5 Å². The van der Waals surface area contributed by atoms with Gasteiger partial charge in [0.2, 0.25) is 0 Å². The fourth-order valence-electron chi connectivity index (χ4n) is 4.81. The highest BCUT2D eigenvalue weighted by Gasteiger charge is 2.36. The van der Waals surface area contributed by atoms with Gasteiger partial charge in [-0.25, -0.2) is 9.50 Å². The average molecular weight is 474 g/mol. The van der Waals surface area contributed by atoms with Crippen LogP contribution in [0.2, 0.25) is 0 Å². The monoisotopic (exact) mass is 473 g/mol. The van der Waals surface area contributed by atoms with Crippen LogP contribution in [0.15, 0.2) is 36.8 Å². The van der Waals surface area contributed by atoms with Crippen LogP contribution in [0.1, 0.15) is 52.0 Å². The molecule has 1 aliphatic rings. The summed E-state index contributed by atoms with van der Waals surface area (Å²) in [7, 11) is 0. The van der Waals surface area contributed by atoms with Gasteiger partial charge in [0.05, 0.1) is 30.1 Å².